The predicted molar refractivity (Wildman–Crippen MR) is 106 cm³/mol. The molecule has 0 radical (unpaired) electrons. The van der Waals surface area contributed by atoms with Crippen LogP contribution >= 0.6 is 11.8 Å². The van der Waals surface area contributed by atoms with E-state index in [0.717, 1.165) is 33.2 Å². The first-order valence-corrected chi connectivity index (χ1v) is 9.61. The summed E-state index contributed by atoms with van der Waals surface area (Å²) in [4.78, 5) is 16.3. The Morgan fingerprint density at radius 2 is 1.72 bits per heavy atom. The first-order valence-electron chi connectivity index (χ1n) is 8.80. The summed E-state index contributed by atoms with van der Waals surface area (Å²) < 4.78 is 43.7. The number of nitrogens with zero attached hydrogens (tertiary/aromatic N) is 1. The zero-order valence-electron chi connectivity index (χ0n) is 15.4. The summed E-state index contributed by atoms with van der Waals surface area (Å²) in [5.41, 5.74) is 1.14. The molecule has 29 heavy (non-hydrogen) atoms. The lowest BCUT2D eigenvalue weighted by Gasteiger charge is -2.17. The van der Waals surface area contributed by atoms with Crippen molar-refractivity contribution in [3.8, 4) is 5.75 Å². The number of benzene rings is 3. The molecular weight excluding hydrogens is 399 g/mol. The summed E-state index contributed by atoms with van der Waals surface area (Å²) in [5, 5.41) is 0. The van der Waals surface area contributed by atoms with Crippen molar-refractivity contribution in [1.82, 2.24) is 0 Å². The van der Waals surface area contributed by atoms with Gasteiger partial charge in [0.15, 0.2) is 0 Å². The lowest BCUT2D eigenvalue weighted by molar-refractivity contribution is -0.137. The van der Waals surface area contributed by atoms with Crippen LogP contribution in [0.5, 0.6) is 5.75 Å². The molecule has 0 saturated carbocycles. The van der Waals surface area contributed by atoms with Crippen molar-refractivity contribution in [3.63, 3.8) is 0 Å². The van der Waals surface area contributed by atoms with Crippen LogP contribution in [0.4, 0.5) is 18.9 Å². The summed E-state index contributed by atoms with van der Waals surface area (Å²) in [6.07, 6.45) is -4.41. The number of alkyl halides is 3. The van der Waals surface area contributed by atoms with E-state index >= 15 is 0 Å². The van der Waals surface area contributed by atoms with E-state index in [4.69, 9.17) is 4.74 Å². The lowest BCUT2D eigenvalue weighted by Crippen LogP contribution is -2.23. The fourth-order valence-corrected chi connectivity index (χ4v) is 4.25. The van der Waals surface area contributed by atoms with Crippen LogP contribution in [-0.4, -0.2) is 13.0 Å². The molecule has 7 heteroatoms. The van der Waals surface area contributed by atoms with E-state index in [-0.39, 0.29) is 5.91 Å². The van der Waals surface area contributed by atoms with Gasteiger partial charge in [-0.05, 0) is 60.2 Å². The maximum atomic E-state index is 12.9. The van der Waals surface area contributed by atoms with Crippen molar-refractivity contribution in [3.05, 3.63) is 83.4 Å². The van der Waals surface area contributed by atoms with Crippen LogP contribution in [0.3, 0.4) is 0 Å². The number of carbonyl (C=O) groups is 1. The second kappa shape index (κ2) is 7.48. The molecule has 0 fully saturated rings. The summed E-state index contributed by atoms with van der Waals surface area (Å²) in [6.45, 7) is 0.312. The van der Waals surface area contributed by atoms with Gasteiger partial charge in [0.05, 0.1) is 19.2 Å². The number of halogens is 3. The van der Waals surface area contributed by atoms with Crippen LogP contribution in [0.2, 0.25) is 0 Å². The van der Waals surface area contributed by atoms with Crippen LogP contribution in [0.25, 0.3) is 0 Å². The van der Waals surface area contributed by atoms with Crippen LogP contribution in [0.15, 0.2) is 76.5 Å². The Morgan fingerprint density at radius 3 is 2.41 bits per heavy atom. The first-order chi connectivity index (χ1) is 13.9. The van der Waals surface area contributed by atoms with E-state index in [1.807, 2.05) is 36.4 Å². The number of hydrogen-bond donors (Lipinski definition) is 0. The van der Waals surface area contributed by atoms with Gasteiger partial charge >= 0.3 is 6.18 Å². The van der Waals surface area contributed by atoms with Crippen molar-refractivity contribution in [1.29, 1.82) is 0 Å². The van der Waals surface area contributed by atoms with Gasteiger partial charge in [-0.1, -0.05) is 23.9 Å². The van der Waals surface area contributed by atoms with Gasteiger partial charge in [-0.25, -0.2) is 0 Å². The maximum absolute atomic E-state index is 12.9. The molecule has 0 aliphatic carbocycles. The van der Waals surface area contributed by atoms with Crippen LogP contribution in [0.1, 0.15) is 21.5 Å². The lowest BCUT2D eigenvalue weighted by atomic mass is 10.1. The minimum atomic E-state index is -4.41. The Hall–Kier alpha value is -2.93. The Kier molecular flexibility index (Phi) is 5.00. The van der Waals surface area contributed by atoms with E-state index < -0.39 is 11.7 Å². The molecular formula is C22H16F3NO2S. The highest BCUT2D eigenvalue weighted by molar-refractivity contribution is 7.99. The smallest absolute Gasteiger partial charge is 0.416 e. The highest BCUT2D eigenvalue weighted by Crippen LogP contribution is 2.39. The number of rotatable bonds is 4. The van der Waals surface area contributed by atoms with Crippen molar-refractivity contribution in [2.24, 2.45) is 0 Å². The van der Waals surface area contributed by atoms with Crippen LogP contribution in [0, 0.1) is 0 Å². The number of carbonyl (C=O) groups excluding carboxylic acids is 1. The van der Waals surface area contributed by atoms with Gasteiger partial charge < -0.3 is 9.64 Å². The normalized spacial score (nSPS) is 13.5. The molecule has 4 rings (SSSR count). The van der Waals surface area contributed by atoms with Gasteiger partial charge in [-0.2, -0.15) is 13.2 Å². The number of anilines is 1. The van der Waals surface area contributed by atoms with E-state index in [9.17, 15) is 18.0 Å². The fraction of sp³-hybridized carbons (Fsp3) is 0.136. The highest BCUT2D eigenvalue weighted by Gasteiger charge is 2.33. The molecule has 0 saturated heterocycles. The summed E-state index contributed by atoms with van der Waals surface area (Å²) in [7, 11) is 1.60. The molecule has 0 bridgehead atoms. The molecule has 0 N–H and O–H groups in total. The Labute approximate surface area is 170 Å². The molecule has 1 aliphatic heterocycles. The predicted octanol–water partition coefficient (Wildman–Crippen LogP) is 6.03. The minimum Gasteiger partial charge on any atom is -0.497 e. The zero-order chi connectivity index (χ0) is 20.6. The van der Waals surface area contributed by atoms with E-state index in [2.05, 4.69) is 0 Å². The highest BCUT2D eigenvalue weighted by atomic mass is 32.2. The van der Waals surface area contributed by atoms with E-state index in [0.29, 0.717) is 17.8 Å². The largest absolute Gasteiger partial charge is 0.497 e. The second-order valence-electron chi connectivity index (χ2n) is 6.50. The summed E-state index contributed by atoms with van der Waals surface area (Å²) >= 11 is 1.52. The molecule has 1 amide bonds. The van der Waals surface area contributed by atoms with E-state index in [1.165, 1.54) is 28.8 Å². The number of amides is 1. The molecule has 0 aromatic heterocycles. The summed E-state index contributed by atoms with van der Waals surface area (Å²) in [6, 6.07) is 17.8. The topological polar surface area (TPSA) is 29.5 Å². The number of methoxy groups -OCH3 is 1. The quantitative estimate of drug-likeness (QED) is 0.521. The molecule has 1 aliphatic rings. The SMILES string of the molecule is COc1cccc(Sc2cccc3c2CN(c2ccc(C(F)(F)F)cc2)C3=O)c1. The second-order valence-corrected chi connectivity index (χ2v) is 7.61. The average molecular weight is 415 g/mol. The van der Waals surface area contributed by atoms with Gasteiger partial charge in [-0.15, -0.1) is 0 Å². The van der Waals surface area contributed by atoms with Gasteiger partial charge in [0.25, 0.3) is 5.91 Å². The molecule has 0 unspecified atom stereocenters. The third-order valence-electron chi connectivity index (χ3n) is 4.70. The molecule has 3 nitrogen and oxygen atoms in total. The third kappa shape index (κ3) is 3.82. The van der Waals surface area contributed by atoms with Gasteiger partial charge in [0.2, 0.25) is 0 Å². The van der Waals surface area contributed by atoms with Crippen LogP contribution in [-0.2, 0) is 12.7 Å². The third-order valence-corrected chi connectivity index (χ3v) is 5.79. The number of ether oxygens (including phenoxy) is 1. The summed E-state index contributed by atoms with van der Waals surface area (Å²) in [5.74, 6) is 0.526. The fourth-order valence-electron chi connectivity index (χ4n) is 3.23. The molecule has 1 heterocycles. The van der Waals surface area contributed by atoms with E-state index in [1.54, 1.807) is 13.2 Å². The standard InChI is InChI=1S/C22H16F3NO2S/c1-28-16-4-2-5-17(12-16)29-20-7-3-6-18-19(20)13-26(21(18)27)15-10-8-14(9-11-15)22(23,24)25/h2-12H,13H2,1H3. The molecule has 3 aromatic carbocycles. The molecule has 0 spiro atoms. The Morgan fingerprint density at radius 1 is 1.00 bits per heavy atom. The molecule has 148 valence electrons. The Balaban J connectivity index is 1.62. The maximum Gasteiger partial charge on any atom is 0.416 e. The number of fused-ring (bicyclic) bond motifs is 1. The van der Waals surface area contributed by atoms with Crippen molar-refractivity contribution in [2.75, 3.05) is 12.0 Å². The average Bonchev–Trinajstić information content (AvgIpc) is 3.05. The van der Waals surface area contributed by atoms with Crippen LogP contribution < -0.4 is 9.64 Å². The van der Waals surface area contributed by atoms with Crippen molar-refractivity contribution in [2.45, 2.75) is 22.5 Å². The van der Waals surface area contributed by atoms with Crippen molar-refractivity contribution >= 4 is 23.4 Å². The Bertz CT molecular complexity index is 1060. The first kappa shape index (κ1) is 19.4. The zero-order valence-corrected chi connectivity index (χ0v) is 16.2. The monoisotopic (exact) mass is 415 g/mol. The van der Waals surface area contributed by atoms with Gasteiger partial charge in [-0.3, -0.25) is 4.79 Å². The molecule has 0 atom stereocenters. The molecule has 3 aromatic rings. The van der Waals surface area contributed by atoms with Gasteiger partial charge in [0.1, 0.15) is 5.75 Å². The minimum absolute atomic E-state index is 0.215. The van der Waals surface area contributed by atoms with Gasteiger partial charge in [0, 0.05) is 21.0 Å². The number of hydrogen-bond acceptors (Lipinski definition) is 3. The van der Waals surface area contributed by atoms with Crippen molar-refractivity contribution < 1.29 is 22.7 Å².